The standard InChI is InChI=1S/C17H31N3/c1-5-14-8-6-7-9-16(14)17(18)11-10-15-12(2)19-20(4)13(15)3/h14,16-17H,5-11,18H2,1-4H3. The molecule has 2 N–H and O–H groups in total. The van der Waals surface area contributed by atoms with E-state index in [-0.39, 0.29) is 0 Å². The Morgan fingerprint density at radius 1 is 1.30 bits per heavy atom. The average Bonchev–Trinajstić information content (AvgIpc) is 2.70. The van der Waals surface area contributed by atoms with Crippen molar-refractivity contribution in [3.05, 3.63) is 17.0 Å². The van der Waals surface area contributed by atoms with E-state index in [4.69, 9.17) is 5.73 Å². The molecule has 1 aliphatic carbocycles. The number of rotatable bonds is 5. The Kier molecular flexibility index (Phi) is 5.25. The molecule has 2 rings (SSSR count). The van der Waals surface area contributed by atoms with Crippen LogP contribution in [-0.4, -0.2) is 15.8 Å². The Hall–Kier alpha value is -0.830. The average molecular weight is 277 g/mol. The van der Waals surface area contributed by atoms with Gasteiger partial charge >= 0.3 is 0 Å². The first kappa shape index (κ1) is 15.6. The second-order valence-electron chi connectivity index (χ2n) is 6.59. The molecule has 114 valence electrons. The summed E-state index contributed by atoms with van der Waals surface area (Å²) in [7, 11) is 2.03. The largest absolute Gasteiger partial charge is 0.327 e. The molecule has 0 aromatic carbocycles. The van der Waals surface area contributed by atoms with Crippen LogP contribution in [0.15, 0.2) is 0 Å². The van der Waals surface area contributed by atoms with Gasteiger partial charge in [0.25, 0.3) is 0 Å². The molecule has 20 heavy (non-hydrogen) atoms. The highest BCUT2D eigenvalue weighted by atomic mass is 15.3. The van der Waals surface area contributed by atoms with Gasteiger partial charge < -0.3 is 5.73 Å². The van der Waals surface area contributed by atoms with E-state index in [0.29, 0.717) is 6.04 Å². The number of aryl methyl sites for hydroxylation is 2. The van der Waals surface area contributed by atoms with E-state index in [0.717, 1.165) is 24.7 Å². The monoisotopic (exact) mass is 277 g/mol. The van der Waals surface area contributed by atoms with Gasteiger partial charge in [0, 0.05) is 18.8 Å². The van der Waals surface area contributed by atoms with E-state index in [1.54, 1.807) is 0 Å². The molecule has 0 spiro atoms. The van der Waals surface area contributed by atoms with Gasteiger partial charge in [-0.2, -0.15) is 5.10 Å². The van der Waals surface area contributed by atoms with Crippen molar-refractivity contribution in [2.45, 2.75) is 71.8 Å². The maximum Gasteiger partial charge on any atom is 0.0628 e. The molecule has 3 atom stereocenters. The first-order chi connectivity index (χ1) is 9.54. The molecular formula is C17H31N3. The van der Waals surface area contributed by atoms with Crippen LogP contribution < -0.4 is 5.73 Å². The van der Waals surface area contributed by atoms with Crippen LogP contribution in [0.4, 0.5) is 0 Å². The minimum Gasteiger partial charge on any atom is -0.327 e. The summed E-state index contributed by atoms with van der Waals surface area (Å²) in [6.07, 6.45) is 8.99. The van der Waals surface area contributed by atoms with E-state index in [9.17, 15) is 0 Å². The molecule has 1 aromatic rings. The van der Waals surface area contributed by atoms with Crippen LogP contribution in [0.5, 0.6) is 0 Å². The summed E-state index contributed by atoms with van der Waals surface area (Å²) < 4.78 is 1.99. The lowest BCUT2D eigenvalue weighted by molar-refractivity contribution is 0.190. The smallest absolute Gasteiger partial charge is 0.0628 e. The maximum atomic E-state index is 6.54. The predicted octanol–water partition coefficient (Wildman–Crippen LogP) is 3.51. The SMILES string of the molecule is CCC1CCCCC1C(N)CCc1c(C)nn(C)c1C. The molecule has 0 bridgehead atoms. The molecule has 1 heterocycles. The summed E-state index contributed by atoms with van der Waals surface area (Å²) in [5.74, 6) is 1.60. The lowest BCUT2D eigenvalue weighted by Gasteiger charge is -2.35. The van der Waals surface area contributed by atoms with Crippen molar-refractivity contribution in [2.24, 2.45) is 24.6 Å². The summed E-state index contributed by atoms with van der Waals surface area (Å²) in [4.78, 5) is 0. The van der Waals surface area contributed by atoms with Crippen LogP contribution in [0.2, 0.25) is 0 Å². The molecular weight excluding hydrogens is 246 g/mol. The summed E-state index contributed by atoms with van der Waals surface area (Å²) in [5, 5.41) is 4.51. The highest BCUT2D eigenvalue weighted by Crippen LogP contribution is 2.35. The van der Waals surface area contributed by atoms with Gasteiger partial charge in [-0.3, -0.25) is 4.68 Å². The molecule has 1 saturated carbocycles. The lowest BCUT2D eigenvalue weighted by atomic mass is 9.73. The number of nitrogens with zero attached hydrogens (tertiary/aromatic N) is 2. The van der Waals surface area contributed by atoms with Crippen LogP contribution in [0.1, 0.15) is 62.4 Å². The quantitative estimate of drug-likeness (QED) is 0.895. The summed E-state index contributed by atoms with van der Waals surface area (Å²) in [6, 6.07) is 0.360. The Bertz CT molecular complexity index is 436. The molecule has 3 unspecified atom stereocenters. The van der Waals surface area contributed by atoms with Crippen LogP contribution in [0.3, 0.4) is 0 Å². The van der Waals surface area contributed by atoms with Crippen molar-refractivity contribution in [2.75, 3.05) is 0 Å². The van der Waals surface area contributed by atoms with Crippen LogP contribution in [-0.2, 0) is 13.5 Å². The zero-order chi connectivity index (χ0) is 14.7. The van der Waals surface area contributed by atoms with Gasteiger partial charge in [0.05, 0.1) is 5.69 Å². The Morgan fingerprint density at radius 2 is 2.00 bits per heavy atom. The molecule has 3 heteroatoms. The fourth-order valence-corrected chi connectivity index (χ4v) is 4.01. The van der Waals surface area contributed by atoms with E-state index in [1.165, 1.54) is 49.1 Å². The number of hydrogen-bond acceptors (Lipinski definition) is 2. The third-order valence-electron chi connectivity index (χ3n) is 5.43. The summed E-state index contributed by atoms with van der Waals surface area (Å²) in [6.45, 7) is 6.60. The highest BCUT2D eigenvalue weighted by molar-refractivity contribution is 5.24. The van der Waals surface area contributed by atoms with Crippen LogP contribution in [0.25, 0.3) is 0 Å². The number of aromatic nitrogens is 2. The Morgan fingerprint density at radius 3 is 2.60 bits per heavy atom. The first-order valence-electron chi connectivity index (χ1n) is 8.29. The van der Waals surface area contributed by atoms with Gasteiger partial charge in [-0.1, -0.05) is 32.6 Å². The van der Waals surface area contributed by atoms with Gasteiger partial charge in [0.15, 0.2) is 0 Å². The van der Waals surface area contributed by atoms with E-state index >= 15 is 0 Å². The van der Waals surface area contributed by atoms with Gasteiger partial charge in [0.1, 0.15) is 0 Å². The molecule has 1 fully saturated rings. The maximum absolute atomic E-state index is 6.54. The number of hydrogen-bond donors (Lipinski definition) is 1. The lowest BCUT2D eigenvalue weighted by Crippen LogP contribution is -2.37. The van der Waals surface area contributed by atoms with E-state index in [2.05, 4.69) is 25.9 Å². The molecule has 1 aliphatic rings. The van der Waals surface area contributed by atoms with Crippen molar-refractivity contribution < 1.29 is 0 Å². The molecule has 0 radical (unpaired) electrons. The fourth-order valence-electron chi connectivity index (χ4n) is 4.01. The zero-order valence-electron chi connectivity index (χ0n) is 13.7. The minimum absolute atomic E-state index is 0.360. The predicted molar refractivity (Wildman–Crippen MR) is 84.7 cm³/mol. The minimum atomic E-state index is 0.360. The molecule has 0 saturated heterocycles. The zero-order valence-corrected chi connectivity index (χ0v) is 13.7. The highest BCUT2D eigenvalue weighted by Gasteiger charge is 2.28. The summed E-state index contributed by atoms with van der Waals surface area (Å²) >= 11 is 0. The van der Waals surface area contributed by atoms with Gasteiger partial charge in [0.2, 0.25) is 0 Å². The van der Waals surface area contributed by atoms with Crippen molar-refractivity contribution in [1.29, 1.82) is 0 Å². The van der Waals surface area contributed by atoms with Crippen molar-refractivity contribution in [1.82, 2.24) is 9.78 Å². The van der Waals surface area contributed by atoms with E-state index in [1.807, 2.05) is 11.7 Å². The number of nitrogens with two attached hydrogens (primary N) is 1. The molecule has 0 aliphatic heterocycles. The fraction of sp³-hybridized carbons (Fsp3) is 0.824. The van der Waals surface area contributed by atoms with Gasteiger partial charge in [-0.05, 0) is 50.5 Å². The second kappa shape index (κ2) is 6.75. The topological polar surface area (TPSA) is 43.8 Å². The van der Waals surface area contributed by atoms with Gasteiger partial charge in [-0.25, -0.2) is 0 Å². The first-order valence-corrected chi connectivity index (χ1v) is 8.29. The molecule has 1 aromatic heterocycles. The van der Waals surface area contributed by atoms with E-state index < -0.39 is 0 Å². The second-order valence-corrected chi connectivity index (χ2v) is 6.59. The Balaban J connectivity index is 1.95. The normalized spacial score (nSPS) is 24.9. The molecule has 0 amide bonds. The van der Waals surface area contributed by atoms with Gasteiger partial charge in [-0.15, -0.1) is 0 Å². The van der Waals surface area contributed by atoms with Crippen molar-refractivity contribution in [3.8, 4) is 0 Å². The van der Waals surface area contributed by atoms with Crippen molar-refractivity contribution >= 4 is 0 Å². The molecule has 3 nitrogen and oxygen atoms in total. The Labute approximate surface area is 123 Å². The third-order valence-corrected chi connectivity index (χ3v) is 5.43. The third kappa shape index (κ3) is 3.25. The van der Waals surface area contributed by atoms with Crippen molar-refractivity contribution in [3.63, 3.8) is 0 Å². The summed E-state index contributed by atoms with van der Waals surface area (Å²) in [5.41, 5.74) is 10.4. The van der Waals surface area contributed by atoms with Crippen LogP contribution >= 0.6 is 0 Å². The van der Waals surface area contributed by atoms with Crippen LogP contribution in [0, 0.1) is 25.7 Å².